The molecule has 3 aromatic rings. The average Bonchev–Trinajstić information content (AvgIpc) is 3.14. The van der Waals surface area contributed by atoms with E-state index in [1.54, 1.807) is 35.3 Å². The first kappa shape index (κ1) is 18.3. The van der Waals surface area contributed by atoms with Crippen LogP contribution in [0.3, 0.4) is 0 Å². The van der Waals surface area contributed by atoms with E-state index in [1.807, 2.05) is 24.3 Å². The zero-order chi connectivity index (χ0) is 18.4. The van der Waals surface area contributed by atoms with E-state index in [0.717, 1.165) is 22.1 Å². The van der Waals surface area contributed by atoms with Crippen molar-refractivity contribution >= 4 is 27.7 Å². The quantitative estimate of drug-likeness (QED) is 0.674. The van der Waals surface area contributed by atoms with Crippen LogP contribution in [-0.4, -0.2) is 23.2 Å². The van der Waals surface area contributed by atoms with Gasteiger partial charge in [-0.2, -0.15) is 5.10 Å². The van der Waals surface area contributed by atoms with Crippen molar-refractivity contribution < 1.29 is 8.42 Å². The van der Waals surface area contributed by atoms with Gasteiger partial charge in [0.2, 0.25) is 10.0 Å². The summed E-state index contributed by atoms with van der Waals surface area (Å²) in [7, 11) is -3.53. The minimum Gasteiger partial charge on any atom is -0.249 e. The largest absolute Gasteiger partial charge is 0.249 e. The number of nitrogens with one attached hydrogen (secondary N) is 1. The summed E-state index contributed by atoms with van der Waals surface area (Å²) < 4.78 is 28.4. The van der Waals surface area contributed by atoms with Crippen LogP contribution in [0.2, 0.25) is 5.02 Å². The molecular weight excluding hydrogens is 372 g/mol. The molecule has 0 fully saturated rings. The lowest BCUT2D eigenvalue weighted by atomic mass is 10.1. The van der Waals surface area contributed by atoms with Crippen LogP contribution in [0.15, 0.2) is 66.6 Å². The Morgan fingerprint density at radius 3 is 2.38 bits per heavy atom. The summed E-state index contributed by atoms with van der Waals surface area (Å²) in [5.74, 6) is 0. The van der Waals surface area contributed by atoms with Crippen LogP contribution in [0.4, 0.5) is 0 Å². The van der Waals surface area contributed by atoms with Crippen LogP contribution in [0.25, 0.3) is 6.08 Å². The van der Waals surface area contributed by atoms with Gasteiger partial charge >= 0.3 is 0 Å². The molecule has 1 heterocycles. The number of aromatic nitrogens is 3. The third kappa shape index (κ3) is 5.52. The van der Waals surface area contributed by atoms with E-state index in [-0.39, 0.29) is 6.54 Å². The van der Waals surface area contributed by atoms with Gasteiger partial charge in [0.05, 0.1) is 6.54 Å². The standard InChI is InChI=1S/C18H17ClN4O2S/c19-18-7-5-15(6-8-18)9-10-26(24,25)22-11-16-1-3-17(4-2-16)12-23-14-20-13-21-23/h1-10,13-14,22H,11-12H2/b10-9+. The van der Waals surface area contributed by atoms with Gasteiger partial charge in [-0.1, -0.05) is 48.0 Å². The topological polar surface area (TPSA) is 76.9 Å². The highest BCUT2D eigenvalue weighted by Gasteiger charge is 2.05. The number of nitrogens with zero attached hydrogens (tertiary/aromatic N) is 3. The molecule has 0 aliphatic heterocycles. The van der Waals surface area contributed by atoms with Crippen molar-refractivity contribution in [3.05, 3.63) is 88.3 Å². The number of rotatable bonds is 7. The predicted octanol–water partition coefficient (Wildman–Crippen LogP) is 3.07. The first-order chi connectivity index (χ1) is 12.5. The SMILES string of the molecule is O=S(=O)(/C=C/c1ccc(Cl)cc1)NCc1ccc(Cn2cncn2)cc1. The second-order valence-electron chi connectivity index (χ2n) is 5.63. The maximum Gasteiger partial charge on any atom is 0.234 e. The first-order valence-electron chi connectivity index (χ1n) is 7.84. The number of benzene rings is 2. The highest BCUT2D eigenvalue weighted by Crippen LogP contribution is 2.11. The average molecular weight is 389 g/mol. The highest BCUT2D eigenvalue weighted by molar-refractivity contribution is 7.92. The molecule has 1 N–H and O–H groups in total. The third-order valence-corrected chi connectivity index (χ3v) is 4.91. The number of hydrogen-bond acceptors (Lipinski definition) is 4. The predicted molar refractivity (Wildman–Crippen MR) is 102 cm³/mol. The molecule has 0 radical (unpaired) electrons. The molecule has 0 spiro atoms. The zero-order valence-electron chi connectivity index (χ0n) is 13.8. The Bertz CT molecular complexity index is 967. The molecule has 8 heteroatoms. The fraction of sp³-hybridized carbons (Fsp3) is 0.111. The van der Waals surface area contributed by atoms with Crippen LogP contribution in [0, 0.1) is 0 Å². The van der Waals surface area contributed by atoms with E-state index < -0.39 is 10.0 Å². The highest BCUT2D eigenvalue weighted by atomic mass is 35.5. The van der Waals surface area contributed by atoms with Gasteiger partial charge in [0.1, 0.15) is 12.7 Å². The summed E-state index contributed by atoms with van der Waals surface area (Å²) >= 11 is 5.81. The van der Waals surface area contributed by atoms with Crippen molar-refractivity contribution in [1.29, 1.82) is 0 Å². The summed E-state index contributed by atoms with van der Waals surface area (Å²) in [6.45, 7) is 0.840. The van der Waals surface area contributed by atoms with Crippen molar-refractivity contribution in [3.63, 3.8) is 0 Å². The molecule has 0 atom stereocenters. The number of halogens is 1. The van der Waals surface area contributed by atoms with Crippen molar-refractivity contribution in [1.82, 2.24) is 19.5 Å². The van der Waals surface area contributed by atoms with Gasteiger partial charge in [-0.3, -0.25) is 0 Å². The van der Waals surface area contributed by atoms with E-state index in [2.05, 4.69) is 14.8 Å². The number of hydrogen-bond donors (Lipinski definition) is 1. The fourth-order valence-electron chi connectivity index (χ4n) is 2.24. The maximum atomic E-state index is 12.1. The zero-order valence-corrected chi connectivity index (χ0v) is 15.4. The smallest absolute Gasteiger partial charge is 0.234 e. The van der Waals surface area contributed by atoms with Gasteiger partial charge < -0.3 is 0 Å². The molecule has 2 aromatic carbocycles. The Balaban J connectivity index is 1.56. The van der Waals surface area contributed by atoms with Crippen LogP contribution in [0.1, 0.15) is 16.7 Å². The molecule has 3 rings (SSSR count). The van der Waals surface area contributed by atoms with Crippen LogP contribution < -0.4 is 4.72 Å². The van der Waals surface area contributed by atoms with Crippen molar-refractivity contribution in [2.45, 2.75) is 13.1 Å². The maximum absolute atomic E-state index is 12.1. The minimum absolute atomic E-state index is 0.219. The van der Waals surface area contributed by atoms with Gasteiger partial charge in [-0.15, -0.1) is 0 Å². The monoisotopic (exact) mass is 388 g/mol. The van der Waals surface area contributed by atoms with E-state index in [4.69, 9.17) is 11.6 Å². The van der Waals surface area contributed by atoms with Gasteiger partial charge in [-0.05, 0) is 34.9 Å². The molecule has 0 aliphatic rings. The lowest BCUT2D eigenvalue weighted by Crippen LogP contribution is -2.20. The van der Waals surface area contributed by atoms with Crippen molar-refractivity contribution in [3.8, 4) is 0 Å². The van der Waals surface area contributed by atoms with E-state index in [1.165, 1.54) is 12.4 Å². The second kappa shape index (κ2) is 8.27. The van der Waals surface area contributed by atoms with Crippen molar-refractivity contribution in [2.75, 3.05) is 0 Å². The molecule has 134 valence electrons. The lowest BCUT2D eigenvalue weighted by Gasteiger charge is -2.05. The van der Waals surface area contributed by atoms with Crippen molar-refractivity contribution in [2.24, 2.45) is 0 Å². The Kier molecular flexibility index (Phi) is 5.82. The van der Waals surface area contributed by atoms with E-state index in [9.17, 15) is 8.42 Å². The molecule has 0 bridgehead atoms. The van der Waals surface area contributed by atoms with Crippen LogP contribution in [-0.2, 0) is 23.1 Å². The molecule has 26 heavy (non-hydrogen) atoms. The van der Waals surface area contributed by atoms with Crippen LogP contribution in [0.5, 0.6) is 0 Å². The fourth-order valence-corrected chi connectivity index (χ4v) is 3.16. The van der Waals surface area contributed by atoms with Crippen LogP contribution >= 0.6 is 11.6 Å². The van der Waals surface area contributed by atoms with Gasteiger partial charge in [-0.25, -0.2) is 22.8 Å². The minimum atomic E-state index is -3.53. The molecule has 0 amide bonds. The third-order valence-electron chi connectivity index (χ3n) is 3.62. The van der Waals surface area contributed by atoms with Gasteiger partial charge in [0, 0.05) is 17.0 Å². The summed E-state index contributed by atoms with van der Waals surface area (Å²) in [5.41, 5.74) is 2.69. The van der Waals surface area contributed by atoms with E-state index >= 15 is 0 Å². The van der Waals surface area contributed by atoms with Gasteiger partial charge in [0.15, 0.2) is 0 Å². The molecular formula is C18H17ClN4O2S. The van der Waals surface area contributed by atoms with E-state index in [0.29, 0.717) is 11.6 Å². The molecule has 6 nitrogen and oxygen atoms in total. The first-order valence-corrected chi connectivity index (χ1v) is 9.76. The molecule has 0 saturated heterocycles. The molecule has 0 saturated carbocycles. The lowest BCUT2D eigenvalue weighted by molar-refractivity contribution is 0.591. The Morgan fingerprint density at radius 1 is 1.04 bits per heavy atom. The summed E-state index contributed by atoms with van der Waals surface area (Å²) in [6, 6.07) is 14.6. The summed E-state index contributed by atoms with van der Waals surface area (Å²) in [5, 5.41) is 5.81. The number of sulfonamides is 1. The summed E-state index contributed by atoms with van der Waals surface area (Å²) in [6.07, 6.45) is 4.66. The normalized spacial score (nSPS) is 11.9. The Labute approximate surface area is 157 Å². The Hall–Kier alpha value is -2.48. The Morgan fingerprint density at radius 2 is 1.73 bits per heavy atom. The summed E-state index contributed by atoms with van der Waals surface area (Å²) in [4.78, 5) is 3.90. The molecule has 0 unspecified atom stereocenters. The molecule has 0 aliphatic carbocycles. The van der Waals surface area contributed by atoms with Gasteiger partial charge in [0.25, 0.3) is 0 Å². The second-order valence-corrected chi connectivity index (χ2v) is 7.72. The molecule has 1 aromatic heterocycles.